The summed E-state index contributed by atoms with van der Waals surface area (Å²) in [4.78, 5) is 16.9. The summed E-state index contributed by atoms with van der Waals surface area (Å²) < 4.78 is 46.6. The highest BCUT2D eigenvalue weighted by Crippen LogP contribution is 2.40. The van der Waals surface area contributed by atoms with Gasteiger partial charge in [-0.2, -0.15) is 13.2 Å². The number of aryl methyl sites for hydroxylation is 1. The third-order valence-electron chi connectivity index (χ3n) is 5.58. The van der Waals surface area contributed by atoms with Crippen LogP contribution in [0.5, 0.6) is 0 Å². The summed E-state index contributed by atoms with van der Waals surface area (Å²) in [6.07, 6.45) is 1.08. The van der Waals surface area contributed by atoms with Gasteiger partial charge in [0, 0.05) is 56.8 Å². The first-order valence-electron chi connectivity index (χ1n) is 10.3. The van der Waals surface area contributed by atoms with E-state index in [0.717, 1.165) is 31.0 Å². The Labute approximate surface area is 178 Å². The van der Waals surface area contributed by atoms with E-state index in [1.165, 1.54) is 0 Å². The van der Waals surface area contributed by atoms with Crippen LogP contribution in [0.1, 0.15) is 48.2 Å². The average molecular weight is 434 g/mol. The molecule has 31 heavy (non-hydrogen) atoms. The summed E-state index contributed by atoms with van der Waals surface area (Å²) in [7, 11) is 3.75. The van der Waals surface area contributed by atoms with Crippen molar-refractivity contribution in [1.29, 1.82) is 0 Å². The van der Waals surface area contributed by atoms with E-state index in [4.69, 9.17) is 4.52 Å². The maximum absolute atomic E-state index is 13.8. The normalized spacial score (nSPS) is 17.9. The predicted molar refractivity (Wildman–Crippen MR) is 110 cm³/mol. The number of pyridine rings is 1. The van der Waals surface area contributed by atoms with E-state index in [2.05, 4.69) is 25.0 Å². The predicted octanol–water partition coefficient (Wildman–Crippen LogP) is 4.04. The minimum Gasteiger partial charge on any atom is -0.347 e. The summed E-state index contributed by atoms with van der Waals surface area (Å²) in [6.45, 7) is 3.83. The zero-order valence-electron chi connectivity index (χ0n) is 17.8. The molecule has 0 radical (unpaired) electrons. The lowest BCUT2D eigenvalue weighted by Gasteiger charge is -2.32. The van der Waals surface area contributed by atoms with Crippen molar-refractivity contribution in [2.45, 2.75) is 44.8 Å². The molecule has 0 spiro atoms. The van der Waals surface area contributed by atoms with Crippen molar-refractivity contribution in [3.8, 4) is 0 Å². The Morgan fingerprint density at radius 2 is 1.97 bits per heavy atom. The molecule has 4 heterocycles. The Balaban J connectivity index is 1.59. The Bertz CT molecular complexity index is 1050. The SMILES string of the molecule is CCc1cc(C(F)(F)F)c2c([C@H]3CCCN(Cc4cnc(N(C)C)nc4)C3)noc2n1. The fourth-order valence-electron chi connectivity index (χ4n) is 4.05. The van der Waals surface area contributed by atoms with Crippen molar-refractivity contribution < 1.29 is 17.7 Å². The highest BCUT2D eigenvalue weighted by Gasteiger charge is 2.38. The second kappa shape index (κ2) is 8.41. The van der Waals surface area contributed by atoms with E-state index in [9.17, 15) is 13.2 Å². The van der Waals surface area contributed by atoms with Crippen LogP contribution in [0.15, 0.2) is 23.0 Å². The van der Waals surface area contributed by atoms with Crippen molar-refractivity contribution >= 4 is 17.0 Å². The van der Waals surface area contributed by atoms with Gasteiger partial charge in [0.2, 0.25) is 5.95 Å². The van der Waals surface area contributed by atoms with Gasteiger partial charge in [0.05, 0.1) is 16.6 Å². The quantitative estimate of drug-likeness (QED) is 0.600. The van der Waals surface area contributed by atoms with E-state index in [-0.39, 0.29) is 17.0 Å². The molecule has 0 N–H and O–H groups in total. The number of nitrogens with zero attached hydrogens (tertiary/aromatic N) is 6. The molecule has 0 aromatic carbocycles. The molecule has 1 aliphatic rings. The topological polar surface area (TPSA) is 71.2 Å². The minimum absolute atomic E-state index is 0.00443. The zero-order chi connectivity index (χ0) is 22.2. The van der Waals surface area contributed by atoms with Gasteiger partial charge >= 0.3 is 6.18 Å². The molecule has 0 unspecified atom stereocenters. The largest absolute Gasteiger partial charge is 0.417 e. The van der Waals surface area contributed by atoms with Gasteiger partial charge in [-0.25, -0.2) is 15.0 Å². The second-order valence-electron chi connectivity index (χ2n) is 8.12. The van der Waals surface area contributed by atoms with Crippen molar-refractivity contribution in [2.75, 3.05) is 32.1 Å². The molecule has 3 aromatic rings. The number of hydrogen-bond donors (Lipinski definition) is 0. The molecule has 10 heteroatoms. The maximum Gasteiger partial charge on any atom is 0.417 e. The van der Waals surface area contributed by atoms with Gasteiger partial charge in [0.25, 0.3) is 5.71 Å². The average Bonchev–Trinajstić information content (AvgIpc) is 3.16. The number of fused-ring (bicyclic) bond motifs is 1. The Morgan fingerprint density at radius 1 is 1.23 bits per heavy atom. The van der Waals surface area contributed by atoms with E-state index < -0.39 is 11.7 Å². The molecule has 1 aliphatic heterocycles. The summed E-state index contributed by atoms with van der Waals surface area (Å²) in [6, 6.07) is 1.12. The van der Waals surface area contributed by atoms with E-state index >= 15 is 0 Å². The van der Waals surface area contributed by atoms with Crippen molar-refractivity contribution in [1.82, 2.24) is 25.0 Å². The van der Waals surface area contributed by atoms with Crippen LogP contribution >= 0.6 is 0 Å². The number of alkyl halides is 3. The Kier molecular flexibility index (Phi) is 5.83. The molecule has 166 valence electrons. The van der Waals surface area contributed by atoms with Crippen LogP contribution in [0.3, 0.4) is 0 Å². The molecule has 7 nitrogen and oxygen atoms in total. The lowest BCUT2D eigenvalue weighted by Crippen LogP contribution is -2.34. The van der Waals surface area contributed by atoms with Crippen molar-refractivity contribution in [3.05, 3.63) is 41.0 Å². The number of piperidine rings is 1. The number of hydrogen-bond acceptors (Lipinski definition) is 7. The fraction of sp³-hybridized carbons (Fsp3) is 0.524. The Hall–Kier alpha value is -2.75. The number of likely N-dealkylation sites (tertiary alicyclic amines) is 1. The van der Waals surface area contributed by atoms with Crippen LogP contribution in [0.25, 0.3) is 11.1 Å². The molecule has 0 amide bonds. The number of anilines is 1. The van der Waals surface area contributed by atoms with Gasteiger partial charge in [0.1, 0.15) is 0 Å². The zero-order valence-corrected chi connectivity index (χ0v) is 17.8. The lowest BCUT2D eigenvalue weighted by atomic mass is 9.91. The molecular weight excluding hydrogens is 409 g/mol. The standard InChI is InChI=1S/C21H25F3N6O/c1-4-15-8-16(21(22,23)24)17-18(28-31-19(17)27-15)14-6-5-7-30(12-14)11-13-9-25-20(26-10-13)29(2)3/h8-10,14H,4-7,11-12H2,1-3H3/t14-/m0/s1. The van der Waals surface area contributed by atoms with Gasteiger partial charge in [-0.15, -0.1) is 0 Å². The van der Waals surface area contributed by atoms with Crippen LogP contribution < -0.4 is 4.90 Å². The van der Waals surface area contributed by atoms with E-state index in [0.29, 0.717) is 36.8 Å². The fourth-order valence-corrected chi connectivity index (χ4v) is 4.05. The van der Waals surface area contributed by atoms with Crippen LogP contribution in [-0.4, -0.2) is 52.2 Å². The molecule has 1 atom stereocenters. The minimum atomic E-state index is -4.49. The highest BCUT2D eigenvalue weighted by atomic mass is 19.4. The van der Waals surface area contributed by atoms with Gasteiger partial charge in [-0.3, -0.25) is 4.90 Å². The lowest BCUT2D eigenvalue weighted by molar-refractivity contribution is -0.136. The van der Waals surface area contributed by atoms with Crippen LogP contribution in [0.4, 0.5) is 19.1 Å². The van der Waals surface area contributed by atoms with Gasteiger partial charge in [0.15, 0.2) is 0 Å². The van der Waals surface area contributed by atoms with Crippen molar-refractivity contribution in [3.63, 3.8) is 0 Å². The monoisotopic (exact) mass is 434 g/mol. The number of halogens is 3. The molecule has 4 rings (SSSR count). The second-order valence-corrected chi connectivity index (χ2v) is 8.12. The van der Waals surface area contributed by atoms with Gasteiger partial charge in [-0.1, -0.05) is 12.1 Å². The smallest absolute Gasteiger partial charge is 0.347 e. The third kappa shape index (κ3) is 4.48. The molecule has 0 aliphatic carbocycles. The third-order valence-corrected chi connectivity index (χ3v) is 5.58. The first kappa shape index (κ1) is 21.5. The van der Waals surface area contributed by atoms with Gasteiger partial charge < -0.3 is 9.42 Å². The molecule has 0 bridgehead atoms. The molecule has 0 saturated carbocycles. The first-order chi connectivity index (χ1) is 14.8. The number of rotatable bonds is 5. The van der Waals surface area contributed by atoms with Crippen LogP contribution in [-0.2, 0) is 19.1 Å². The summed E-state index contributed by atoms with van der Waals surface area (Å²) in [5.74, 6) is 0.473. The van der Waals surface area contributed by atoms with E-state index in [1.54, 1.807) is 19.3 Å². The first-order valence-corrected chi connectivity index (χ1v) is 10.3. The highest BCUT2D eigenvalue weighted by molar-refractivity contribution is 5.81. The van der Waals surface area contributed by atoms with Crippen molar-refractivity contribution in [2.24, 2.45) is 0 Å². The molecule has 1 saturated heterocycles. The van der Waals surface area contributed by atoms with Gasteiger partial charge in [-0.05, 0) is 31.9 Å². The molecular formula is C21H25F3N6O. The number of aromatic nitrogens is 4. The summed E-state index contributed by atoms with van der Waals surface area (Å²) in [5.41, 5.74) is 0.902. The van der Waals surface area contributed by atoms with E-state index in [1.807, 2.05) is 19.0 Å². The summed E-state index contributed by atoms with van der Waals surface area (Å²) >= 11 is 0. The maximum atomic E-state index is 13.8. The van der Waals surface area contributed by atoms with Crippen LogP contribution in [0.2, 0.25) is 0 Å². The molecule has 1 fully saturated rings. The molecule has 3 aromatic heterocycles. The van der Waals surface area contributed by atoms with Crippen LogP contribution in [0, 0.1) is 0 Å². The Morgan fingerprint density at radius 3 is 2.61 bits per heavy atom. The summed E-state index contributed by atoms with van der Waals surface area (Å²) in [5, 5.41) is 4.04.